The zero-order valence-corrected chi connectivity index (χ0v) is 8.44. The second kappa shape index (κ2) is 3.35. The number of hydrogen-bond acceptors (Lipinski definition) is 1. The molecule has 0 saturated heterocycles. The molecule has 0 aromatic rings. The summed E-state index contributed by atoms with van der Waals surface area (Å²) >= 11 is 0. The minimum absolute atomic E-state index is 0.327. The summed E-state index contributed by atoms with van der Waals surface area (Å²) in [5.41, 5.74) is 0.985. The Bertz CT molecular complexity index is 122. The van der Waals surface area contributed by atoms with Crippen LogP contribution in [0.4, 0.5) is 0 Å². The van der Waals surface area contributed by atoms with E-state index < -0.39 is 8.07 Å². The third-order valence-electron chi connectivity index (χ3n) is 1.35. The molecule has 0 radical (unpaired) electrons. The third-order valence-corrected chi connectivity index (χ3v) is 2.86. The highest BCUT2D eigenvalue weighted by molar-refractivity contribution is 6.76. The van der Waals surface area contributed by atoms with Crippen molar-refractivity contribution in [2.75, 3.05) is 0 Å². The maximum atomic E-state index is 9.11. The summed E-state index contributed by atoms with van der Waals surface area (Å²) in [6.07, 6.45) is -0.327. The van der Waals surface area contributed by atoms with Crippen molar-refractivity contribution < 1.29 is 5.11 Å². The second-order valence-electron chi connectivity index (χ2n) is 4.07. The molecule has 1 atom stereocenters. The van der Waals surface area contributed by atoms with E-state index in [1.807, 2.05) is 0 Å². The third kappa shape index (κ3) is 4.76. The number of hydrogen-bond donors (Lipinski definition) is 1. The summed E-state index contributed by atoms with van der Waals surface area (Å²) in [5.74, 6) is 0. The van der Waals surface area contributed by atoms with Crippen LogP contribution in [0.25, 0.3) is 0 Å². The van der Waals surface area contributed by atoms with Gasteiger partial charge in [-0.15, -0.1) is 0 Å². The Morgan fingerprint density at radius 1 is 1.50 bits per heavy atom. The number of rotatable bonds is 3. The molecule has 0 fully saturated rings. The van der Waals surface area contributed by atoms with Crippen LogP contribution in [0, 0.1) is 0 Å². The van der Waals surface area contributed by atoms with Crippen molar-refractivity contribution in [3.63, 3.8) is 0 Å². The first-order chi connectivity index (χ1) is 4.33. The van der Waals surface area contributed by atoms with Crippen LogP contribution in [0.1, 0.15) is 6.92 Å². The number of aliphatic hydroxyl groups excluding tert-OH is 1. The van der Waals surface area contributed by atoms with Gasteiger partial charge in [-0.3, -0.25) is 0 Å². The molecule has 2 heteroatoms. The van der Waals surface area contributed by atoms with Crippen LogP contribution in [-0.4, -0.2) is 19.3 Å². The molecule has 0 rings (SSSR count). The Hall–Kier alpha value is -0.0831. The van der Waals surface area contributed by atoms with Crippen molar-refractivity contribution in [3.8, 4) is 0 Å². The topological polar surface area (TPSA) is 20.2 Å². The van der Waals surface area contributed by atoms with Crippen LogP contribution < -0.4 is 0 Å². The van der Waals surface area contributed by atoms with Gasteiger partial charge in [0.15, 0.2) is 0 Å². The molecule has 0 amide bonds. The highest BCUT2D eigenvalue weighted by Gasteiger charge is 2.16. The van der Waals surface area contributed by atoms with Crippen LogP contribution in [0.2, 0.25) is 25.7 Å². The van der Waals surface area contributed by atoms with Crippen molar-refractivity contribution >= 4 is 8.07 Å². The SMILES string of the molecule is C=C(C[Si](C)(C)C)[C@@H](C)O. The van der Waals surface area contributed by atoms with Crippen molar-refractivity contribution in [1.82, 2.24) is 0 Å². The van der Waals surface area contributed by atoms with E-state index in [2.05, 4.69) is 26.2 Å². The van der Waals surface area contributed by atoms with Gasteiger partial charge in [-0.25, -0.2) is 0 Å². The largest absolute Gasteiger partial charge is 0.389 e. The van der Waals surface area contributed by atoms with E-state index >= 15 is 0 Å². The molecule has 0 aromatic heterocycles. The summed E-state index contributed by atoms with van der Waals surface area (Å²) in [5, 5.41) is 9.11. The van der Waals surface area contributed by atoms with Gasteiger partial charge < -0.3 is 5.11 Å². The Kier molecular flexibility index (Phi) is 3.32. The molecule has 60 valence electrons. The van der Waals surface area contributed by atoms with Gasteiger partial charge in [-0.05, 0) is 13.0 Å². The molecular formula is C8H18OSi. The summed E-state index contributed by atoms with van der Waals surface area (Å²) in [4.78, 5) is 0. The van der Waals surface area contributed by atoms with E-state index in [-0.39, 0.29) is 6.10 Å². The zero-order valence-electron chi connectivity index (χ0n) is 7.44. The molecule has 0 aromatic carbocycles. The average Bonchev–Trinajstić information content (AvgIpc) is 1.60. The first-order valence-corrected chi connectivity index (χ1v) is 7.39. The Balaban J connectivity index is 3.81. The van der Waals surface area contributed by atoms with Crippen LogP contribution in [0.15, 0.2) is 12.2 Å². The van der Waals surface area contributed by atoms with Crippen molar-refractivity contribution in [3.05, 3.63) is 12.2 Å². The predicted molar refractivity (Wildman–Crippen MR) is 49.0 cm³/mol. The fraction of sp³-hybridized carbons (Fsp3) is 0.750. The van der Waals surface area contributed by atoms with Crippen molar-refractivity contribution in [1.29, 1.82) is 0 Å². The van der Waals surface area contributed by atoms with Crippen molar-refractivity contribution in [2.24, 2.45) is 0 Å². The Morgan fingerprint density at radius 2 is 1.90 bits per heavy atom. The van der Waals surface area contributed by atoms with Gasteiger partial charge in [-0.1, -0.05) is 31.8 Å². The lowest BCUT2D eigenvalue weighted by molar-refractivity contribution is 0.232. The summed E-state index contributed by atoms with van der Waals surface area (Å²) in [6, 6.07) is 1.03. The van der Waals surface area contributed by atoms with E-state index in [9.17, 15) is 0 Å². The molecule has 0 aliphatic carbocycles. The smallest absolute Gasteiger partial charge is 0.0716 e. The maximum absolute atomic E-state index is 9.11. The fourth-order valence-electron chi connectivity index (χ4n) is 0.829. The first kappa shape index (κ1) is 9.92. The van der Waals surface area contributed by atoms with Gasteiger partial charge in [-0.2, -0.15) is 0 Å². The van der Waals surface area contributed by atoms with Crippen molar-refractivity contribution in [2.45, 2.75) is 38.7 Å². The van der Waals surface area contributed by atoms with E-state index in [1.165, 1.54) is 0 Å². The van der Waals surface area contributed by atoms with E-state index in [4.69, 9.17) is 5.11 Å². The lowest BCUT2D eigenvalue weighted by Gasteiger charge is -2.18. The molecular weight excluding hydrogens is 140 g/mol. The lowest BCUT2D eigenvalue weighted by Crippen LogP contribution is -2.22. The molecule has 0 saturated carbocycles. The van der Waals surface area contributed by atoms with Gasteiger partial charge in [0.1, 0.15) is 0 Å². The minimum Gasteiger partial charge on any atom is -0.389 e. The lowest BCUT2D eigenvalue weighted by atomic mass is 10.2. The Labute approximate surface area is 64.8 Å². The molecule has 0 unspecified atom stereocenters. The van der Waals surface area contributed by atoms with E-state index in [1.54, 1.807) is 6.92 Å². The van der Waals surface area contributed by atoms with Gasteiger partial charge in [0, 0.05) is 8.07 Å². The normalized spacial score (nSPS) is 14.9. The zero-order chi connectivity index (χ0) is 8.36. The predicted octanol–water partition coefficient (Wildman–Crippen LogP) is 2.26. The van der Waals surface area contributed by atoms with E-state index in [0.29, 0.717) is 0 Å². The van der Waals surface area contributed by atoms with Crippen LogP contribution in [-0.2, 0) is 0 Å². The van der Waals surface area contributed by atoms with Gasteiger partial charge in [0.2, 0.25) is 0 Å². The first-order valence-electron chi connectivity index (χ1n) is 3.68. The quantitative estimate of drug-likeness (QED) is 0.493. The van der Waals surface area contributed by atoms with E-state index in [0.717, 1.165) is 11.6 Å². The van der Waals surface area contributed by atoms with Crippen LogP contribution >= 0.6 is 0 Å². The molecule has 0 aliphatic heterocycles. The minimum atomic E-state index is -1.04. The average molecular weight is 158 g/mol. The molecule has 0 spiro atoms. The monoisotopic (exact) mass is 158 g/mol. The van der Waals surface area contributed by atoms with Gasteiger partial charge >= 0.3 is 0 Å². The van der Waals surface area contributed by atoms with Gasteiger partial charge in [0.25, 0.3) is 0 Å². The molecule has 1 N–H and O–H groups in total. The number of aliphatic hydroxyl groups is 1. The fourth-order valence-corrected chi connectivity index (χ4v) is 2.49. The standard InChI is InChI=1S/C8H18OSi/c1-7(8(2)9)6-10(3,4)5/h8-9H,1,6H2,2-5H3/t8-/m1/s1. The molecule has 10 heavy (non-hydrogen) atoms. The Morgan fingerprint density at radius 3 is 2.00 bits per heavy atom. The summed E-state index contributed by atoms with van der Waals surface area (Å²) in [6.45, 7) is 12.4. The maximum Gasteiger partial charge on any atom is 0.0716 e. The molecule has 0 bridgehead atoms. The molecule has 0 aliphatic rings. The van der Waals surface area contributed by atoms with Crippen LogP contribution in [0.5, 0.6) is 0 Å². The van der Waals surface area contributed by atoms with Crippen LogP contribution in [0.3, 0.4) is 0 Å². The summed E-state index contributed by atoms with van der Waals surface area (Å²) < 4.78 is 0. The highest BCUT2D eigenvalue weighted by atomic mass is 28.3. The molecule has 1 nitrogen and oxygen atoms in total. The highest BCUT2D eigenvalue weighted by Crippen LogP contribution is 2.16. The van der Waals surface area contributed by atoms with Gasteiger partial charge in [0.05, 0.1) is 6.10 Å². The summed E-state index contributed by atoms with van der Waals surface area (Å²) in [7, 11) is -1.04. The molecule has 0 heterocycles. The second-order valence-corrected chi connectivity index (χ2v) is 9.55.